The van der Waals surface area contributed by atoms with Gasteiger partial charge in [0.1, 0.15) is 15.7 Å². The van der Waals surface area contributed by atoms with Crippen LogP contribution >= 0.6 is 11.6 Å². The van der Waals surface area contributed by atoms with Crippen molar-refractivity contribution < 1.29 is 23.2 Å². The highest BCUT2D eigenvalue weighted by Crippen LogP contribution is 2.47. The molecule has 0 radical (unpaired) electrons. The average Bonchev–Trinajstić information content (AvgIpc) is 3.53. The molecule has 9 rings (SSSR count). The van der Waals surface area contributed by atoms with Gasteiger partial charge in [0.25, 0.3) is 5.91 Å². The highest BCUT2D eigenvalue weighted by Gasteiger charge is 2.44. The number of ether oxygens (including phenoxy) is 3. The van der Waals surface area contributed by atoms with Crippen molar-refractivity contribution >= 4 is 55.9 Å². The van der Waals surface area contributed by atoms with Gasteiger partial charge in [0, 0.05) is 75.6 Å². The van der Waals surface area contributed by atoms with Gasteiger partial charge >= 0.3 is 0 Å². The summed E-state index contributed by atoms with van der Waals surface area (Å²) in [6, 6.07) is 11.8. The van der Waals surface area contributed by atoms with Crippen molar-refractivity contribution in [3.8, 4) is 5.75 Å². The van der Waals surface area contributed by atoms with E-state index in [0.717, 1.165) is 81.3 Å². The van der Waals surface area contributed by atoms with Crippen LogP contribution in [0, 0.1) is 17.8 Å². The van der Waals surface area contributed by atoms with Crippen molar-refractivity contribution in [1.29, 1.82) is 0 Å². The van der Waals surface area contributed by atoms with Gasteiger partial charge in [-0.3, -0.25) is 19.1 Å². The van der Waals surface area contributed by atoms with Crippen LogP contribution in [0.5, 0.6) is 5.75 Å². The van der Waals surface area contributed by atoms with E-state index in [0.29, 0.717) is 73.0 Å². The van der Waals surface area contributed by atoms with Crippen LogP contribution in [0.25, 0.3) is 11.0 Å². The highest BCUT2D eigenvalue weighted by molar-refractivity contribution is 7.95. The van der Waals surface area contributed by atoms with Crippen molar-refractivity contribution in [1.82, 2.24) is 24.6 Å². The lowest BCUT2D eigenvalue weighted by Crippen LogP contribution is -2.49. The van der Waals surface area contributed by atoms with E-state index < -0.39 is 15.8 Å². The summed E-state index contributed by atoms with van der Waals surface area (Å²) in [5.41, 5.74) is 3.95. The number of methoxy groups -OCH3 is 1. The number of hydrogen-bond donors (Lipinski definition) is 2. The summed E-state index contributed by atoms with van der Waals surface area (Å²) in [6.45, 7) is 8.63. The first-order valence-corrected chi connectivity index (χ1v) is 23.5. The quantitative estimate of drug-likeness (QED) is 0.196. The molecule has 1 saturated carbocycles. The monoisotopic (exact) mass is 857 g/mol. The zero-order valence-electron chi connectivity index (χ0n) is 34.8. The van der Waals surface area contributed by atoms with Crippen LogP contribution in [0.4, 0.5) is 17.5 Å². The SMILES string of the molecule is CO[C@H]1/C=C/C[C@H](C)CS(=O)(Nc2nc(NCCN3CCOCC3)nc3nn(C)cc23)=NC(=O)c2ccc3c(c2)N(C[C@@H]2CC[C@H]21)C[C@@]1(CCCc2cc(Cl)ccc21)CO3. The third-order valence-corrected chi connectivity index (χ3v) is 15.3. The summed E-state index contributed by atoms with van der Waals surface area (Å²) >= 11 is 6.51. The number of hydrogen-bond acceptors (Lipinski definition) is 11. The summed E-state index contributed by atoms with van der Waals surface area (Å²) in [5, 5.41) is 9.22. The van der Waals surface area contributed by atoms with Crippen molar-refractivity contribution in [3.63, 3.8) is 0 Å². The number of aryl methyl sites for hydroxylation is 2. The van der Waals surface area contributed by atoms with E-state index in [1.54, 1.807) is 31.1 Å². The highest BCUT2D eigenvalue weighted by atomic mass is 35.5. The molecule has 3 aliphatic heterocycles. The minimum Gasteiger partial charge on any atom is -0.490 e. The van der Waals surface area contributed by atoms with E-state index in [4.69, 9.17) is 30.8 Å². The molecule has 2 aliphatic carbocycles. The molecule has 16 heteroatoms. The minimum absolute atomic E-state index is 0.0489. The van der Waals surface area contributed by atoms with Crippen LogP contribution in [0.1, 0.15) is 60.5 Å². The molecule has 2 N–H and O–H groups in total. The lowest BCUT2D eigenvalue weighted by atomic mass is 9.68. The Balaban J connectivity index is 1.08. The molecule has 320 valence electrons. The van der Waals surface area contributed by atoms with E-state index in [2.05, 4.69) is 58.6 Å². The third-order valence-electron chi connectivity index (χ3n) is 13.1. The van der Waals surface area contributed by atoms with Gasteiger partial charge in [-0.15, -0.1) is 4.36 Å². The van der Waals surface area contributed by atoms with Gasteiger partial charge in [0.05, 0.1) is 42.8 Å². The van der Waals surface area contributed by atoms with Crippen molar-refractivity contribution in [2.45, 2.75) is 57.0 Å². The predicted octanol–water partition coefficient (Wildman–Crippen LogP) is 6.51. The van der Waals surface area contributed by atoms with Gasteiger partial charge in [0.2, 0.25) is 5.95 Å². The van der Waals surface area contributed by atoms with Crippen LogP contribution in [-0.4, -0.2) is 113 Å². The number of fused-ring (bicyclic) bond motifs is 5. The molecule has 2 aromatic carbocycles. The average molecular weight is 859 g/mol. The summed E-state index contributed by atoms with van der Waals surface area (Å²) in [6.07, 6.45) is 11.9. The number of aromatic nitrogens is 4. The molecular weight excluding hydrogens is 802 g/mol. The fourth-order valence-corrected chi connectivity index (χ4v) is 12.0. The number of morpholine rings is 1. The smallest absolute Gasteiger partial charge is 0.286 e. The second kappa shape index (κ2) is 17.2. The first-order valence-electron chi connectivity index (χ1n) is 21.4. The van der Waals surface area contributed by atoms with E-state index >= 15 is 4.21 Å². The topological polar surface area (TPSA) is 148 Å². The Hall–Kier alpha value is -4.28. The second-order valence-electron chi connectivity index (χ2n) is 17.4. The zero-order chi connectivity index (χ0) is 41.4. The molecule has 5 aliphatic rings. The molecule has 2 fully saturated rings. The molecule has 1 saturated heterocycles. The molecule has 4 aromatic rings. The van der Waals surface area contributed by atoms with Crippen molar-refractivity contribution in [2.24, 2.45) is 29.2 Å². The molecule has 1 unspecified atom stereocenters. The Kier molecular flexibility index (Phi) is 11.8. The van der Waals surface area contributed by atoms with Gasteiger partial charge in [-0.05, 0) is 97.7 Å². The number of carbonyl (C=O) groups excluding carboxylic acids is 1. The number of rotatable bonds is 7. The normalized spacial score (nSPS) is 29.1. The van der Waals surface area contributed by atoms with Crippen LogP contribution in [-0.2, 0) is 38.3 Å². The van der Waals surface area contributed by atoms with Gasteiger partial charge in [0.15, 0.2) is 11.5 Å². The molecule has 1 spiro atoms. The van der Waals surface area contributed by atoms with E-state index in [9.17, 15) is 4.79 Å². The summed E-state index contributed by atoms with van der Waals surface area (Å²) in [5.74, 6) is 1.55. The minimum atomic E-state index is -3.46. The molecule has 6 atom stereocenters. The van der Waals surface area contributed by atoms with Crippen molar-refractivity contribution in [3.05, 3.63) is 76.5 Å². The first kappa shape index (κ1) is 41.1. The maximum Gasteiger partial charge on any atom is 0.286 e. The van der Waals surface area contributed by atoms with E-state index in [1.807, 2.05) is 25.1 Å². The third kappa shape index (κ3) is 8.61. The molecule has 2 aromatic heterocycles. The standard InChI is InChI=1S/C44H56ClN9O5S/c1-29-6-4-8-38(57-3)34-12-9-32(34)24-54-27-44(15-5-7-30-22-33(45)11-13-36(30)44)28-59-39-14-10-31(23-37(39)54)42(55)51-60(56,26-29)50-41-35-25-52(2)49-40(35)47-43(48-41)46-16-17-53-18-20-58-21-19-53/h4,8,10-11,13-14,22-23,25,29,32,34,38H,5-7,9,12,15-21,24,26-28H2,1-3H3,(H2,46,47,48,49,50,51,55,56)/b8-4+/t29-,32-,34+,38-,44-,60?/m0/s1. The number of nitrogens with zero attached hydrogens (tertiary/aromatic N) is 7. The van der Waals surface area contributed by atoms with Gasteiger partial charge in [-0.25, -0.2) is 4.21 Å². The lowest BCUT2D eigenvalue weighted by molar-refractivity contribution is 0.0131. The van der Waals surface area contributed by atoms with Crippen LogP contribution in [0.3, 0.4) is 0 Å². The first-order chi connectivity index (χ1) is 29.1. The van der Waals surface area contributed by atoms with Gasteiger partial charge in [-0.2, -0.15) is 15.1 Å². The van der Waals surface area contributed by atoms with E-state index in [1.165, 1.54) is 11.1 Å². The number of carbonyl (C=O) groups is 1. The Morgan fingerprint density at radius 2 is 1.98 bits per heavy atom. The number of benzene rings is 2. The molecular formula is C44H56ClN9O5S. The second-order valence-corrected chi connectivity index (χ2v) is 19.8. The Morgan fingerprint density at radius 1 is 1.12 bits per heavy atom. The largest absolute Gasteiger partial charge is 0.490 e. The fourth-order valence-electron chi connectivity index (χ4n) is 9.84. The molecule has 60 heavy (non-hydrogen) atoms. The molecule has 2 bridgehead atoms. The number of halogens is 1. The number of anilines is 3. The maximum atomic E-state index is 15.3. The number of amides is 1. The van der Waals surface area contributed by atoms with Crippen molar-refractivity contribution in [2.75, 3.05) is 86.9 Å². The van der Waals surface area contributed by atoms with Crippen LogP contribution in [0.2, 0.25) is 5.02 Å². The summed E-state index contributed by atoms with van der Waals surface area (Å²) in [4.78, 5) is 28.7. The molecule has 1 amide bonds. The maximum absolute atomic E-state index is 15.3. The zero-order valence-corrected chi connectivity index (χ0v) is 36.3. The van der Waals surface area contributed by atoms with Crippen LogP contribution in [0.15, 0.2) is 59.1 Å². The summed E-state index contributed by atoms with van der Waals surface area (Å²) < 4.78 is 43.1. The number of nitrogens with one attached hydrogen (secondary N) is 2. The Labute approximate surface area is 357 Å². The fraction of sp³-hybridized carbons (Fsp3) is 0.545. The Morgan fingerprint density at radius 3 is 2.80 bits per heavy atom. The van der Waals surface area contributed by atoms with Gasteiger partial charge in [-0.1, -0.05) is 36.7 Å². The number of allylic oxidation sites excluding steroid dienone is 1. The predicted molar refractivity (Wildman–Crippen MR) is 236 cm³/mol. The molecule has 14 nitrogen and oxygen atoms in total. The van der Waals surface area contributed by atoms with Crippen LogP contribution < -0.4 is 19.7 Å². The van der Waals surface area contributed by atoms with Gasteiger partial charge < -0.3 is 24.4 Å². The van der Waals surface area contributed by atoms with E-state index in [-0.39, 0.29) is 23.2 Å². The Bertz CT molecular complexity index is 2390. The lowest BCUT2D eigenvalue weighted by Gasteiger charge is -2.46. The molecule has 5 heterocycles. The summed E-state index contributed by atoms with van der Waals surface area (Å²) in [7, 11) is 0.143.